The SMILES string of the molecule is Cc1cc(OCCNC(=O)OC(C)(C)C)nc2sc(Br)nc12. The molecule has 0 aliphatic carbocycles. The van der Waals surface area contributed by atoms with E-state index in [2.05, 4.69) is 31.2 Å². The van der Waals surface area contributed by atoms with Gasteiger partial charge in [-0.2, -0.15) is 0 Å². The summed E-state index contributed by atoms with van der Waals surface area (Å²) in [6.07, 6.45) is -0.456. The van der Waals surface area contributed by atoms with Gasteiger partial charge in [0.1, 0.15) is 22.6 Å². The Labute approximate surface area is 141 Å². The maximum absolute atomic E-state index is 11.5. The number of rotatable bonds is 4. The number of aryl methyl sites for hydroxylation is 1. The van der Waals surface area contributed by atoms with E-state index < -0.39 is 11.7 Å². The first-order valence-corrected chi connectivity index (χ1v) is 8.39. The first-order chi connectivity index (χ1) is 10.2. The quantitative estimate of drug-likeness (QED) is 0.810. The fraction of sp³-hybridized carbons (Fsp3) is 0.500. The van der Waals surface area contributed by atoms with Crippen LogP contribution < -0.4 is 10.1 Å². The van der Waals surface area contributed by atoms with Gasteiger partial charge in [0.2, 0.25) is 5.88 Å². The fourth-order valence-corrected chi connectivity index (χ4v) is 3.07. The molecular formula is C14H18BrN3O3S. The third-order valence-electron chi connectivity index (χ3n) is 2.53. The van der Waals surface area contributed by atoms with Crippen LogP contribution in [0.5, 0.6) is 5.88 Å². The Hall–Kier alpha value is -1.41. The van der Waals surface area contributed by atoms with Crippen LogP contribution in [0.25, 0.3) is 10.3 Å². The molecule has 0 bridgehead atoms. The lowest BCUT2D eigenvalue weighted by Gasteiger charge is -2.19. The Morgan fingerprint density at radius 3 is 2.82 bits per heavy atom. The minimum Gasteiger partial charge on any atom is -0.476 e. The number of carbonyl (C=O) groups is 1. The Morgan fingerprint density at radius 1 is 1.41 bits per heavy atom. The van der Waals surface area contributed by atoms with E-state index in [9.17, 15) is 4.79 Å². The molecule has 2 aromatic rings. The Bertz CT molecular complexity index is 682. The van der Waals surface area contributed by atoms with E-state index in [0.29, 0.717) is 19.0 Å². The number of nitrogens with one attached hydrogen (secondary N) is 1. The molecule has 0 saturated carbocycles. The molecule has 0 saturated heterocycles. The van der Waals surface area contributed by atoms with Gasteiger partial charge in [-0.05, 0) is 49.2 Å². The number of pyridine rings is 1. The number of hydrogen-bond donors (Lipinski definition) is 1. The molecular weight excluding hydrogens is 370 g/mol. The third-order valence-corrected chi connectivity index (χ3v) is 3.93. The standard InChI is InChI=1S/C14H18BrN3O3S/c1-8-7-9(17-11-10(8)18-12(15)22-11)20-6-5-16-13(19)21-14(2,3)4/h7H,5-6H2,1-4H3,(H,16,19). The van der Waals surface area contributed by atoms with Gasteiger partial charge in [-0.1, -0.05) is 11.3 Å². The fourth-order valence-electron chi connectivity index (χ4n) is 1.70. The molecule has 0 aliphatic rings. The van der Waals surface area contributed by atoms with Crippen molar-refractivity contribution in [2.45, 2.75) is 33.3 Å². The van der Waals surface area contributed by atoms with E-state index in [0.717, 1.165) is 19.8 Å². The summed E-state index contributed by atoms with van der Waals surface area (Å²) in [5.74, 6) is 0.520. The molecule has 2 aromatic heterocycles. The van der Waals surface area contributed by atoms with Crippen LogP contribution in [0.3, 0.4) is 0 Å². The van der Waals surface area contributed by atoms with Crippen LogP contribution in [0.2, 0.25) is 0 Å². The number of alkyl carbamates (subject to hydrolysis) is 1. The number of ether oxygens (including phenoxy) is 2. The predicted octanol–water partition coefficient (Wildman–Crippen LogP) is 3.67. The van der Waals surface area contributed by atoms with Gasteiger partial charge in [0.15, 0.2) is 3.92 Å². The van der Waals surface area contributed by atoms with Gasteiger partial charge in [0.05, 0.1) is 6.54 Å². The van der Waals surface area contributed by atoms with Crippen molar-refractivity contribution >= 4 is 43.7 Å². The molecule has 1 N–H and O–H groups in total. The molecule has 2 heterocycles. The molecule has 0 radical (unpaired) electrons. The second-order valence-electron chi connectivity index (χ2n) is 5.68. The van der Waals surface area contributed by atoms with Crippen LogP contribution >= 0.6 is 27.3 Å². The maximum atomic E-state index is 11.5. The van der Waals surface area contributed by atoms with Gasteiger partial charge in [-0.15, -0.1) is 0 Å². The average molecular weight is 388 g/mol. The molecule has 0 atom stereocenters. The molecule has 0 spiro atoms. The lowest BCUT2D eigenvalue weighted by atomic mass is 10.2. The first-order valence-electron chi connectivity index (χ1n) is 6.78. The molecule has 120 valence electrons. The van der Waals surface area contributed by atoms with Gasteiger partial charge in [-0.3, -0.25) is 0 Å². The largest absolute Gasteiger partial charge is 0.476 e. The summed E-state index contributed by atoms with van der Waals surface area (Å²) in [5, 5.41) is 2.63. The second-order valence-corrected chi connectivity index (χ2v) is 7.93. The van der Waals surface area contributed by atoms with Gasteiger partial charge < -0.3 is 14.8 Å². The van der Waals surface area contributed by atoms with Gasteiger partial charge >= 0.3 is 6.09 Å². The number of fused-ring (bicyclic) bond motifs is 1. The van der Waals surface area contributed by atoms with E-state index in [1.807, 2.05) is 33.8 Å². The monoisotopic (exact) mass is 387 g/mol. The highest BCUT2D eigenvalue weighted by atomic mass is 79.9. The van der Waals surface area contributed by atoms with E-state index >= 15 is 0 Å². The number of aromatic nitrogens is 2. The van der Waals surface area contributed by atoms with Crippen molar-refractivity contribution in [2.75, 3.05) is 13.2 Å². The predicted molar refractivity (Wildman–Crippen MR) is 89.6 cm³/mol. The normalized spacial score (nSPS) is 11.5. The Kier molecular flexibility index (Phi) is 5.23. The lowest BCUT2D eigenvalue weighted by molar-refractivity contribution is 0.0520. The number of hydrogen-bond acceptors (Lipinski definition) is 6. The van der Waals surface area contributed by atoms with Crippen molar-refractivity contribution in [1.82, 2.24) is 15.3 Å². The molecule has 8 heteroatoms. The van der Waals surface area contributed by atoms with E-state index in [1.165, 1.54) is 11.3 Å². The molecule has 6 nitrogen and oxygen atoms in total. The van der Waals surface area contributed by atoms with Gasteiger partial charge in [0.25, 0.3) is 0 Å². The summed E-state index contributed by atoms with van der Waals surface area (Å²) >= 11 is 4.81. The van der Waals surface area contributed by atoms with Crippen LogP contribution in [0.15, 0.2) is 9.98 Å². The van der Waals surface area contributed by atoms with Crippen LogP contribution in [-0.2, 0) is 4.74 Å². The highest BCUT2D eigenvalue weighted by Crippen LogP contribution is 2.28. The minimum absolute atomic E-state index is 0.317. The van der Waals surface area contributed by atoms with E-state index in [-0.39, 0.29) is 0 Å². The zero-order valence-corrected chi connectivity index (χ0v) is 15.3. The van der Waals surface area contributed by atoms with Crippen molar-refractivity contribution in [1.29, 1.82) is 0 Å². The summed E-state index contributed by atoms with van der Waals surface area (Å²) in [4.78, 5) is 21.1. The third kappa shape index (κ3) is 4.81. The average Bonchev–Trinajstić information content (AvgIpc) is 2.74. The van der Waals surface area contributed by atoms with Gasteiger partial charge in [-0.25, -0.2) is 14.8 Å². The lowest BCUT2D eigenvalue weighted by Crippen LogP contribution is -2.34. The summed E-state index contributed by atoms with van der Waals surface area (Å²) in [7, 11) is 0. The van der Waals surface area contributed by atoms with Crippen LogP contribution in [0.1, 0.15) is 26.3 Å². The summed E-state index contributed by atoms with van der Waals surface area (Å²) < 4.78 is 11.5. The number of thiazole rings is 1. The van der Waals surface area contributed by atoms with Crippen molar-refractivity contribution < 1.29 is 14.3 Å². The van der Waals surface area contributed by atoms with Crippen molar-refractivity contribution in [3.05, 3.63) is 15.5 Å². The van der Waals surface area contributed by atoms with Crippen LogP contribution in [0.4, 0.5) is 4.79 Å². The summed E-state index contributed by atoms with van der Waals surface area (Å²) in [6.45, 7) is 8.08. The second kappa shape index (κ2) is 6.78. The Morgan fingerprint density at radius 2 is 2.14 bits per heavy atom. The first kappa shape index (κ1) is 17.0. The number of nitrogens with zero attached hydrogens (tertiary/aromatic N) is 2. The molecule has 0 aromatic carbocycles. The summed E-state index contributed by atoms with van der Waals surface area (Å²) in [6, 6.07) is 1.84. The number of halogens is 1. The molecule has 0 aliphatic heterocycles. The highest BCUT2D eigenvalue weighted by molar-refractivity contribution is 9.11. The van der Waals surface area contributed by atoms with Gasteiger partial charge in [0, 0.05) is 6.07 Å². The topological polar surface area (TPSA) is 73.3 Å². The smallest absolute Gasteiger partial charge is 0.407 e. The minimum atomic E-state index is -0.506. The molecule has 0 fully saturated rings. The van der Waals surface area contributed by atoms with Crippen LogP contribution in [0, 0.1) is 6.92 Å². The molecule has 0 unspecified atom stereocenters. The zero-order valence-electron chi connectivity index (χ0n) is 12.9. The number of carbonyl (C=O) groups excluding carboxylic acids is 1. The zero-order chi connectivity index (χ0) is 16.3. The molecule has 2 rings (SSSR count). The number of amides is 1. The maximum Gasteiger partial charge on any atom is 0.407 e. The van der Waals surface area contributed by atoms with Crippen molar-refractivity contribution in [3.63, 3.8) is 0 Å². The summed E-state index contributed by atoms with van der Waals surface area (Å²) in [5.41, 5.74) is 1.37. The Balaban J connectivity index is 1.86. The molecule has 1 amide bonds. The molecule has 22 heavy (non-hydrogen) atoms. The highest BCUT2D eigenvalue weighted by Gasteiger charge is 2.15. The van der Waals surface area contributed by atoms with E-state index in [4.69, 9.17) is 9.47 Å². The van der Waals surface area contributed by atoms with Crippen molar-refractivity contribution in [2.24, 2.45) is 0 Å². The van der Waals surface area contributed by atoms with E-state index in [1.54, 1.807) is 0 Å². The van der Waals surface area contributed by atoms with Crippen molar-refractivity contribution in [3.8, 4) is 5.88 Å². The van der Waals surface area contributed by atoms with Crippen LogP contribution in [-0.4, -0.2) is 34.8 Å².